The van der Waals surface area contributed by atoms with Crippen LogP contribution in [0.3, 0.4) is 0 Å². The molecule has 4 heteroatoms. The molecule has 2 nitrogen and oxygen atoms in total. The van der Waals surface area contributed by atoms with Crippen LogP contribution >= 0.6 is 24.0 Å². The molecule has 0 radical (unpaired) electrons. The number of nitrogens with zero attached hydrogens (tertiary/aromatic N) is 1. The minimum atomic E-state index is 0.0211. The molecule has 1 saturated heterocycles. The Labute approximate surface area is 98.7 Å². The lowest BCUT2D eigenvalue weighted by Crippen LogP contribution is -2.38. The molecular formula is C11H11NOS2. The summed E-state index contributed by atoms with van der Waals surface area (Å²) in [4.78, 5) is 13.7. The van der Waals surface area contributed by atoms with Crippen molar-refractivity contribution < 1.29 is 4.79 Å². The van der Waals surface area contributed by atoms with Gasteiger partial charge in [-0.3, -0.25) is 9.69 Å². The summed E-state index contributed by atoms with van der Waals surface area (Å²) >= 11 is 6.76. The molecule has 78 valence electrons. The molecule has 1 aliphatic rings. The second kappa shape index (κ2) is 4.77. The average molecular weight is 237 g/mol. The molecule has 0 spiro atoms. The molecule has 15 heavy (non-hydrogen) atoms. The maximum atomic E-state index is 12.0. The predicted molar refractivity (Wildman–Crippen MR) is 67.2 cm³/mol. The largest absolute Gasteiger partial charge is 0.294 e. The zero-order valence-electron chi connectivity index (χ0n) is 8.18. The van der Waals surface area contributed by atoms with Gasteiger partial charge in [-0.05, 0) is 18.6 Å². The highest BCUT2D eigenvalue weighted by Crippen LogP contribution is 2.19. The Hall–Kier alpha value is -0.870. The van der Waals surface area contributed by atoms with E-state index in [0.717, 1.165) is 18.7 Å². The first-order valence-corrected chi connectivity index (χ1v) is 6.22. The number of hydrogen-bond acceptors (Lipinski definition) is 3. The standard InChI is InChI=1S/C11H11NOS2/c13-10(9-5-2-1-3-6-9)12-7-4-8-15-11(12)14/h1-3,5-6H,4,7-8H2. The zero-order valence-corrected chi connectivity index (χ0v) is 9.81. The number of thiocarbonyl (C=S) groups is 1. The number of amides is 1. The first kappa shape index (κ1) is 10.6. The average Bonchev–Trinajstić information content (AvgIpc) is 2.30. The topological polar surface area (TPSA) is 20.3 Å². The van der Waals surface area contributed by atoms with Gasteiger partial charge >= 0.3 is 0 Å². The molecule has 1 aromatic carbocycles. The van der Waals surface area contributed by atoms with E-state index in [4.69, 9.17) is 12.2 Å². The van der Waals surface area contributed by atoms with Crippen molar-refractivity contribution in [2.45, 2.75) is 6.42 Å². The number of thioether (sulfide) groups is 1. The Bertz CT molecular complexity index is 377. The maximum absolute atomic E-state index is 12.0. The SMILES string of the molecule is O=C(c1ccccc1)N1CCCSC1=S. The van der Waals surface area contributed by atoms with Gasteiger partial charge in [0.25, 0.3) is 5.91 Å². The minimum absolute atomic E-state index is 0.0211. The zero-order chi connectivity index (χ0) is 10.7. The van der Waals surface area contributed by atoms with Crippen LogP contribution in [-0.2, 0) is 0 Å². The van der Waals surface area contributed by atoms with Crippen LogP contribution in [0.15, 0.2) is 30.3 Å². The summed E-state index contributed by atoms with van der Waals surface area (Å²) in [6, 6.07) is 9.29. The maximum Gasteiger partial charge on any atom is 0.259 e. The summed E-state index contributed by atoms with van der Waals surface area (Å²) in [5.41, 5.74) is 0.711. The van der Waals surface area contributed by atoms with Crippen molar-refractivity contribution in [3.05, 3.63) is 35.9 Å². The van der Waals surface area contributed by atoms with Crippen molar-refractivity contribution in [3.63, 3.8) is 0 Å². The fraction of sp³-hybridized carbons (Fsp3) is 0.273. The van der Waals surface area contributed by atoms with E-state index in [9.17, 15) is 4.79 Å². The summed E-state index contributed by atoms with van der Waals surface area (Å²) < 4.78 is 0.704. The fourth-order valence-electron chi connectivity index (χ4n) is 1.47. The molecule has 0 aliphatic carbocycles. The third-order valence-electron chi connectivity index (χ3n) is 2.24. The molecule has 0 saturated carbocycles. The Balaban J connectivity index is 2.17. The smallest absolute Gasteiger partial charge is 0.259 e. The van der Waals surface area contributed by atoms with Crippen LogP contribution in [0, 0.1) is 0 Å². The van der Waals surface area contributed by atoms with Crippen molar-refractivity contribution in [1.82, 2.24) is 4.90 Å². The molecule has 2 rings (SSSR count). The lowest BCUT2D eigenvalue weighted by molar-refractivity contribution is 0.0851. The van der Waals surface area contributed by atoms with Gasteiger partial charge in [0.15, 0.2) is 0 Å². The lowest BCUT2D eigenvalue weighted by Gasteiger charge is -2.26. The van der Waals surface area contributed by atoms with Gasteiger partial charge in [0.2, 0.25) is 0 Å². The minimum Gasteiger partial charge on any atom is -0.294 e. The van der Waals surface area contributed by atoms with Crippen LogP contribution in [0.2, 0.25) is 0 Å². The highest BCUT2D eigenvalue weighted by Gasteiger charge is 2.22. The first-order chi connectivity index (χ1) is 7.29. The highest BCUT2D eigenvalue weighted by molar-refractivity contribution is 8.23. The second-order valence-corrected chi connectivity index (χ2v) is 5.02. The van der Waals surface area contributed by atoms with Crippen molar-refractivity contribution in [3.8, 4) is 0 Å². The second-order valence-electron chi connectivity index (χ2n) is 3.29. The Morgan fingerprint density at radius 2 is 2.07 bits per heavy atom. The monoisotopic (exact) mass is 237 g/mol. The highest BCUT2D eigenvalue weighted by atomic mass is 32.2. The molecular weight excluding hydrogens is 226 g/mol. The van der Waals surface area contributed by atoms with E-state index in [0.29, 0.717) is 9.88 Å². The summed E-state index contributed by atoms with van der Waals surface area (Å²) in [5.74, 6) is 1.05. The normalized spacial score (nSPS) is 16.5. The van der Waals surface area contributed by atoms with Crippen LogP contribution in [-0.4, -0.2) is 27.4 Å². The van der Waals surface area contributed by atoms with Crippen molar-refractivity contribution >= 4 is 34.2 Å². The summed E-state index contributed by atoms with van der Waals surface area (Å²) in [7, 11) is 0. The Morgan fingerprint density at radius 3 is 2.73 bits per heavy atom. The Morgan fingerprint density at radius 1 is 1.33 bits per heavy atom. The van der Waals surface area contributed by atoms with Gasteiger partial charge in [-0.2, -0.15) is 0 Å². The van der Waals surface area contributed by atoms with Crippen molar-refractivity contribution in [2.24, 2.45) is 0 Å². The predicted octanol–water partition coefficient (Wildman–Crippen LogP) is 2.55. The van der Waals surface area contributed by atoms with E-state index < -0.39 is 0 Å². The lowest BCUT2D eigenvalue weighted by atomic mass is 10.2. The van der Waals surface area contributed by atoms with Crippen LogP contribution < -0.4 is 0 Å². The van der Waals surface area contributed by atoms with Gasteiger partial charge in [-0.25, -0.2) is 0 Å². The van der Waals surface area contributed by atoms with Gasteiger partial charge in [0, 0.05) is 17.9 Å². The third-order valence-corrected chi connectivity index (χ3v) is 3.77. The van der Waals surface area contributed by atoms with E-state index in [2.05, 4.69) is 0 Å². The van der Waals surface area contributed by atoms with Crippen molar-refractivity contribution in [2.75, 3.05) is 12.3 Å². The molecule has 0 bridgehead atoms. The van der Waals surface area contributed by atoms with E-state index in [-0.39, 0.29) is 5.91 Å². The van der Waals surface area contributed by atoms with Gasteiger partial charge in [-0.15, -0.1) is 0 Å². The number of rotatable bonds is 1. The van der Waals surface area contributed by atoms with Gasteiger partial charge in [-0.1, -0.05) is 42.2 Å². The third kappa shape index (κ3) is 2.38. The van der Waals surface area contributed by atoms with E-state index in [1.54, 1.807) is 16.7 Å². The molecule has 0 aromatic heterocycles. The number of benzene rings is 1. The summed E-state index contributed by atoms with van der Waals surface area (Å²) in [6.45, 7) is 0.750. The van der Waals surface area contributed by atoms with Crippen LogP contribution in [0.4, 0.5) is 0 Å². The van der Waals surface area contributed by atoms with E-state index >= 15 is 0 Å². The number of hydrogen-bond donors (Lipinski definition) is 0. The molecule has 0 atom stereocenters. The van der Waals surface area contributed by atoms with E-state index in [1.807, 2.05) is 30.3 Å². The molecule has 1 amide bonds. The summed E-state index contributed by atoms with van der Waals surface area (Å²) in [5, 5.41) is 0. The van der Waals surface area contributed by atoms with Gasteiger partial charge in [0.05, 0.1) is 0 Å². The number of carbonyl (C=O) groups is 1. The molecule has 0 N–H and O–H groups in total. The quantitative estimate of drug-likeness (QED) is 0.700. The molecule has 1 aliphatic heterocycles. The fourth-order valence-corrected chi connectivity index (χ4v) is 2.67. The number of carbonyl (C=O) groups excluding carboxylic acids is 1. The van der Waals surface area contributed by atoms with Gasteiger partial charge in [0.1, 0.15) is 4.32 Å². The molecule has 1 fully saturated rings. The molecule has 1 heterocycles. The van der Waals surface area contributed by atoms with Crippen LogP contribution in [0.5, 0.6) is 0 Å². The first-order valence-electron chi connectivity index (χ1n) is 4.83. The summed E-state index contributed by atoms with van der Waals surface area (Å²) in [6.07, 6.45) is 1.02. The van der Waals surface area contributed by atoms with Gasteiger partial charge < -0.3 is 0 Å². The van der Waals surface area contributed by atoms with E-state index in [1.165, 1.54) is 0 Å². The molecule has 0 unspecified atom stereocenters. The van der Waals surface area contributed by atoms with Crippen molar-refractivity contribution in [1.29, 1.82) is 0 Å². The molecule has 1 aromatic rings. The van der Waals surface area contributed by atoms with Crippen LogP contribution in [0.1, 0.15) is 16.8 Å². The van der Waals surface area contributed by atoms with Crippen LogP contribution in [0.25, 0.3) is 0 Å². The Kier molecular flexibility index (Phi) is 3.38.